The standard InChI is InChI=1S/C21H25NO3/c1-17(21(24)25-2)16-22(14-13-18-9-5-3-6-10-18)20(23)15-19-11-7-4-8-12-19/h3-12,17H,13-16H2,1-2H3. The van der Waals surface area contributed by atoms with E-state index in [-0.39, 0.29) is 17.8 Å². The Kier molecular flexibility index (Phi) is 7.20. The van der Waals surface area contributed by atoms with Crippen LogP contribution < -0.4 is 0 Å². The van der Waals surface area contributed by atoms with Crippen LogP contribution >= 0.6 is 0 Å². The highest BCUT2D eigenvalue weighted by molar-refractivity contribution is 5.80. The number of carbonyl (C=O) groups is 2. The van der Waals surface area contributed by atoms with Crippen molar-refractivity contribution in [2.45, 2.75) is 19.8 Å². The molecule has 2 aromatic carbocycles. The van der Waals surface area contributed by atoms with E-state index in [1.165, 1.54) is 12.7 Å². The largest absolute Gasteiger partial charge is 0.469 e. The summed E-state index contributed by atoms with van der Waals surface area (Å²) in [7, 11) is 1.37. The minimum Gasteiger partial charge on any atom is -0.469 e. The lowest BCUT2D eigenvalue weighted by molar-refractivity contribution is -0.146. The number of amides is 1. The molecule has 0 aliphatic heterocycles. The number of hydrogen-bond donors (Lipinski definition) is 0. The maximum absolute atomic E-state index is 12.8. The molecule has 4 heteroatoms. The molecule has 0 aromatic heterocycles. The van der Waals surface area contributed by atoms with Crippen molar-refractivity contribution in [2.24, 2.45) is 5.92 Å². The second-order valence-corrected chi connectivity index (χ2v) is 6.16. The number of esters is 1. The molecule has 1 unspecified atom stereocenters. The molecule has 0 N–H and O–H groups in total. The molecule has 0 aliphatic carbocycles. The van der Waals surface area contributed by atoms with Gasteiger partial charge >= 0.3 is 5.97 Å². The van der Waals surface area contributed by atoms with E-state index in [1.807, 2.05) is 60.7 Å². The van der Waals surface area contributed by atoms with Gasteiger partial charge in [-0.2, -0.15) is 0 Å². The van der Waals surface area contributed by atoms with Crippen molar-refractivity contribution in [1.29, 1.82) is 0 Å². The number of carbonyl (C=O) groups excluding carboxylic acids is 2. The molecule has 0 aliphatic rings. The Bertz CT molecular complexity index is 670. The Morgan fingerprint density at radius 1 is 0.960 bits per heavy atom. The van der Waals surface area contributed by atoms with Crippen molar-refractivity contribution in [3.05, 3.63) is 71.8 Å². The Hall–Kier alpha value is -2.62. The fourth-order valence-electron chi connectivity index (χ4n) is 2.72. The molecule has 1 amide bonds. The first-order valence-electron chi connectivity index (χ1n) is 8.53. The van der Waals surface area contributed by atoms with Crippen LogP contribution in [0.1, 0.15) is 18.1 Å². The average Bonchev–Trinajstić information content (AvgIpc) is 2.65. The predicted octanol–water partition coefficient (Wildman–Crippen LogP) is 3.11. The summed E-state index contributed by atoms with van der Waals surface area (Å²) >= 11 is 0. The summed E-state index contributed by atoms with van der Waals surface area (Å²) in [5.41, 5.74) is 2.15. The van der Waals surface area contributed by atoms with Crippen LogP contribution in [-0.4, -0.2) is 37.0 Å². The smallest absolute Gasteiger partial charge is 0.310 e. The van der Waals surface area contributed by atoms with Crippen molar-refractivity contribution in [3.63, 3.8) is 0 Å². The van der Waals surface area contributed by atoms with Crippen LogP contribution in [0.15, 0.2) is 60.7 Å². The molecule has 4 nitrogen and oxygen atoms in total. The quantitative estimate of drug-likeness (QED) is 0.694. The van der Waals surface area contributed by atoms with E-state index in [2.05, 4.69) is 0 Å². The van der Waals surface area contributed by atoms with Gasteiger partial charge in [0, 0.05) is 13.1 Å². The molecular weight excluding hydrogens is 314 g/mol. The van der Waals surface area contributed by atoms with E-state index in [9.17, 15) is 9.59 Å². The minimum absolute atomic E-state index is 0.0258. The van der Waals surface area contributed by atoms with Gasteiger partial charge in [0.2, 0.25) is 5.91 Å². The van der Waals surface area contributed by atoms with Crippen LogP contribution in [0, 0.1) is 5.92 Å². The zero-order valence-corrected chi connectivity index (χ0v) is 14.9. The predicted molar refractivity (Wildman–Crippen MR) is 98.1 cm³/mol. The molecule has 0 heterocycles. The summed E-state index contributed by atoms with van der Waals surface area (Å²) in [5, 5.41) is 0. The Balaban J connectivity index is 2.04. The molecule has 2 aromatic rings. The lowest BCUT2D eigenvalue weighted by atomic mass is 10.1. The van der Waals surface area contributed by atoms with Crippen LogP contribution in [0.25, 0.3) is 0 Å². The first-order valence-corrected chi connectivity index (χ1v) is 8.53. The maximum atomic E-state index is 12.8. The lowest BCUT2D eigenvalue weighted by Crippen LogP contribution is -2.39. The van der Waals surface area contributed by atoms with Crippen molar-refractivity contribution in [1.82, 2.24) is 4.90 Å². The summed E-state index contributed by atoms with van der Waals surface area (Å²) in [6, 6.07) is 19.7. The average molecular weight is 339 g/mol. The summed E-state index contributed by atoms with van der Waals surface area (Å²) in [4.78, 5) is 26.3. The fourth-order valence-corrected chi connectivity index (χ4v) is 2.72. The van der Waals surface area contributed by atoms with Crippen LogP contribution in [0.4, 0.5) is 0 Å². The molecule has 0 fully saturated rings. The van der Waals surface area contributed by atoms with E-state index in [1.54, 1.807) is 11.8 Å². The van der Waals surface area contributed by atoms with Gasteiger partial charge in [-0.1, -0.05) is 67.6 Å². The first kappa shape index (κ1) is 18.7. The van der Waals surface area contributed by atoms with Gasteiger partial charge in [-0.15, -0.1) is 0 Å². The number of nitrogens with zero attached hydrogens (tertiary/aromatic N) is 1. The van der Waals surface area contributed by atoms with Crippen LogP contribution in [0.2, 0.25) is 0 Å². The molecule has 25 heavy (non-hydrogen) atoms. The highest BCUT2D eigenvalue weighted by Gasteiger charge is 2.21. The highest BCUT2D eigenvalue weighted by atomic mass is 16.5. The zero-order chi connectivity index (χ0) is 18.1. The summed E-state index contributed by atoms with van der Waals surface area (Å²) in [6.45, 7) is 2.74. The number of rotatable bonds is 8. The van der Waals surface area contributed by atoms with Crippen molar-refractivity contribution < 1.29 is 14.3 Å². The maximum Gasteiger partial charge on any atom is 0.310 e. The monoisotopic (exact) mass is 339 g/mol. The molecule has 1 atom stereocenters. The molecule has 0 spiro atoms. The van der Waals surface area contributed by atoms with Gasteiger partial charge in [-0.05, 0) is 17.5 Å². The lowest BCUT2D eigenvalue weighted by Gasteiger charge is -2.25. The van der Waals surface area contributed by atoms with Crippen molar-refractivity contribution >= 4 is 11.9 Å². The highest BCUT2D eigenvalue weighted by Crippen LogP contribution is 2.09. The Morgan fingerprint density at radius 2 is 1.52 bits per heavy atom. The van der Waals surface area contributed by atoms with Gasteiger partial charge in [0.25, 0.3) is 0 Å². The Morgan fingerprint density at radius 3 is 2.08 bits per heavy atom. The summed E-state index contributed by atoms with van der Waals surface area (Å²) in [5.74, 6) is -0.615. The third-order valence-electron chi connectivity index (χ3n) is 4.16. The Labute approximate surface area is 149 Å². The molecule has 0 saturated heterocycles. The van der Waals surface area contributed by atoms with Gasteiger partial charge in [0.1, 0.15) is 0 Å². The van der Waals surface area contributed by atoms with Gasteiger partial charge in [-0.25, -0.2) is 0 Å². The van der Waals surface area contributed by atoms with E-state index in [4.69, 9.17) is 4.74 Å². The number of methoxy groups -OCH3 is 1. The van der Waals surface area contributed by atoms with E-state index >= 15 is 0 Å². The van der Waals surface area contributed by atoms with Gasteiger partial charge in [-0.3, -0.25) is 9.59 Å². The normalized spacial score (nSPS) is 11.6. The van der Waals surface area contributed by atoms with Gasteiger partial charge in [0.15, 0.2) is 0 Å². The van der Waals surface area contributed by atoms with E-state index in [0.29, 0.717) is 19.5 Å². The zero-order valence-electron chi connectivity index (χ0n) is 14.9. The summed E-state index contributed by atoms with van der Waals surface area (Å²) < 4.78 is 4.80. The topological polar surface area (TPSA) is 46.6 Å². The number of hydrogen-bond acceptors (Lipinski definition) is 3. The number of benzene rings is 2. The van der Waals surface area contributed by atoms with E-state index < -0.39 is 0 Å². The van der Waals surface area contributed by atoms with Crippen molar-refractivity contribution in [3.8, 4) is 0 Å². The molecular formula is C21H25NO3. The fraction of sp³-hybridized carbons (Fsp3) is 0.333. The molecule has 132 valence electrons. The van der Waals surface area contributed by atoms with E-state index in [0.717, 1.165) is 12.0 Å². The molecule has 2 rings (SSSR count). The van der Waals surface area contributed by atoms with Crippen LogP contribution in [-0.2, 0) is 27.2 Å². The molecule has 0 saturated carbocycles. The minimum atomic E-state index is -0.347. The number of ether oxygens (including phenoxy) is 1. The van der Waals surface area contributed by atoms with Crippen LogP contribution in [0.5, 0.6) is 0 Å². The third-order valence-corrected chi connectivity index (χ3v) is 4.16. The van der Waals surface area contributed by atoms with Crippen LogP contribution in [0.3, 0.4) is 0 Å². The molecule has 0 radical (unpaired) electrons. The van der Waals surface area contributed by atoms with Gasteiger partial charge < -0.3 is 9.64 Å². The molecule has 0 bridgehead atoms. The van der Waals surface area contributed by atoms with Crippen molar-refractivity contribution in [2.75, 3.05) is 20.2 Å². The van der Waals surface area contributed by atoms with Gasteiger partial charge in [0.05, 0.1) is 19.4 Å². The summed E-state index contributed by atoms with van der Waals surface area (Å²) in [6.07, 6.45) is 1.10. The third kappa shape index (κ3) is 6.07. The second-order valence-electron chi connectivity index (χ2n) is 6.16. The first-order chi connectivity index (χ1) is 12.1. The second kappa shape index (κ2) is 9.62. The SMILES string of the molecule is COC(=O)C(C)CN(CCc1ccccc1)C(=O)Cc1ccccc1.